The van der Waals surface area contributed by atoms with Gasteiger partial charge in [0.15, 0.2) is 22.8 Å². The number of carbonyl (C=O) groups is 2. The molecule has 0 saturated heterocycles. The zero-order valence-corrected chi connectivity index (χ0v) is 10.9. The highest BCUT2D eigenvalue weighted by molar-refractivity contribution is 7.17. The summed E-state index contributed by atoms with van der Waals surface area (Å²) in [6.45, 7) is 1.31. The number of aldehydes is 2. The number of carbonyl (C=O) groups excluding carboxylic acids is 2. The summed E-state index contributed by atoms with van der Waals surface area (Å²) in [5, 5.41) is 7.60. The van der Waals surface area contributed by atoms with Crippen molar-refractivity contribution in [3.05, 3.63) is 22.1 Å². The van der Waals surface area contributed by atoms with Crippen molar-refractivity contribution in [2.75, 3.05) is 23.7 Å². The number of nitrogens with zero attached hydrogens (tertiary/aromatic N) is 2. The fourth-order valence-electron chi connectivity index (χ4n) is 1.18. The predicted molar refractivity (Wildman–Crippen MR) is 72.0 cm³/mol. The molecule has 2 aromatic heterocycles. The minimum Gasteiger partial charge on any atom is -0.360 e. The first-order valence-corrected chi connectivity index (χ1v) is 6.75. The van der Waals surface area contributed by atoms with Crippen molar-refractivity contribution in [2.24, 2.45) is 0 Å². The fourth-order valence-corrected chi connectivity index (χ4v) is 2.50. The van der Waals surface area contributed by atoms with E-state index in [1.54, 1.807) is 0 Å². The smallest absolute Gasteiger partial charge is 0.183 e. The molecule has 2 heterocycles. The van der Waals surface area contributed by atoms with E-state index < -0.39 is 0 Å². The molecule has 6 nitrogen and oxygen atoms in total. The van der Waals surface area contributed by atoms with Gasteiger partial charge in [-0.1, -0.05) is 22.7 Å². The monoisotopic (exact) mass is 282 g/mol. The van der Waals surface area contributed by atoms with Crippen LogP contribution in [-0.4, -0.2) is 35.6 Å². The molecule has 8 heteroatoms. The lowest BCUT2D eigenvalue weighted by atomic mass is 10.6. The van der Waals surface area contributed by atoms with E-state index in [0.29, 0.717) is 33.1 Å². The quantitative estimate of drug-likeness (QED) is 0.594. The minimum absolute atomic E-state index is 0.598. The van der Waals surface area contributed by atoms with Crippen LogP contribution in [0.5, 0.6) is 0 Å². The van der Waals surface area contributed by atoms with Crippen molar-refractivity contribution in [3.8, 4) is 0 Å². The van der Waals surface area contributed by atoms with Gasteiger partial charge in [0.25, 0.3) is 0 Å². The van der Waals surface area contributed by atoms with Gasteiger partial charge in [-0.05, 0) is 0 Å². The number of aromatic nitrogens is 2. The topological polar surface area (TPSA) is 84.0 Å². The highest BCUT2D eigenvalue weighted by Gasteiger charge is 2.01. The van der Waals surface area contributed by atoms with Gasteiger partial charge in [-0.25, -0.2) is 9.97 Å². The normalized spacial score (nSPS) is 10.0. The Labute approximate surface area is 111 Å². The zero-order valence-electron chi connectivity index (χ0n) is 9.25. The molecule has 2 N–H and O–H groups in total. The Kier molecular flexibility index (Phi) is 4.37. The molecule has 0 unspecified atom stereocenters. The summed E-state index contributed by atoms with van der Waals surface area (Å²) in [5.74, 6) is 0. The molecule has 2 aromatic rings. The summed E-state index contributed by atoms with van der Waals surface area (Å²) in [6, 6.07) is 0. The maximum atomic E-state index is 10.5. The number of hydrogen-bond donors (Lipinski definition) is 2. The Morgan fingerprint density at radius 2 is 1.39 bits per heavy atom. The van der Waals surface area contributed by atoms with E-state index in [1.165, 1.54) is 35.1 Å². The Bertz CT molecular complexity index is 489. The second-order valence-corrected chi connectivity index (χ2v) is 5.35. The maximum absolute atomic E-state index is 10.5. The van der Waals surface area contributed by atoms with Gasteiger partial charge < -0.3 is 10.6 Å². The summed E-state index contributed by atoms with van der Waals surface area (Å²) >= 11 is 2.62. The Hall–Kier alpha value is -1.80. The van der Waals surface area contributed by atoms with E-state index >= 15 is 0 Å². The van der Waals surface area contributed by atoms with Crippen LogP contribution >= 0.6 is 22.7 Å². The standard InChI is InChI=1S/C10H10N4O2S2/c15-5-7-3-13-9(17-7)11-1-2-12-10-14-4-8(6-16)18-10/h3-6H,1-2H2,(H,11,13)(H,12,14). The molecular weight excluding hydrogens is 272 g/mol. The maximum Gasteiger partial charge on any atom is 0.183 e. The Morgan fingerprint density at radius 1 is 0.944 bits per heavy atom. The molecule has 0 atom stereocenters. The number of nitrogens with one attached hydrogen (secondary N) is 2. The van der Waals surface area contributed by atoms with E-state index in [1.807, 2.05) is 0 Å². The first kappa shape index (κ1) is 12.7. The molecule has 0 spiro atoms. The number of hydrogen-bond acceptors (Lipinski definition) is 8. The molecule has 18 heavy (non-hydrogen) atoms. The highest BCUT2D eigenvalue weighted by Crippen LogP contribution is 2.17. The van der Waals surface area contributed by atoms with Crippen LogP contribution in [0.3, 0.4) is 0 Å². The second-order valence-electron chi connectivity index (χ2n) is 3.22. The molecule has 0 bridgehead atoms. The first-order chi connectivity index (χ1) is 8.81. The van der Waals surface area contributed by atoms with Crippen molar-refractivity contribution >= 4 is 45.5 Å². The highest BCUT2D eigenvalue weighted by atomic mass is 32.1. The fraction of sp³-hybridized carbons (Fsp3) is 0.200. The molecule has 2 rings (SSSR count). The van der Waals surface area contributed by atoms with Crippen LogP contribution in [0.25, 0.3) is 0 Å². The Morgan fingerprint density at radius 3 is 1.72 bits per heavy atom. The summed E-state index contributed by atoms with van der Waals surface area (Å²) in [7, 11) is 0. The van der Waals surface area contributed by atoms with Crippen LogP contribution in [-0.2, 0) is 0 Å². The number of rotatable bonds is 7. The van der Waals surface area contributed by atoms with Crippen LogP contribution in [0.2, 0.25) is 0 Å². The average molecular weight is 282 g/mol. The zero-order chi connectivity index (χ0) is 12.8. The minimum atomic E-state index is 0.598. The molecule has 0 saturated carbocycles. The van der Waals surface area contributed by atoms with E-state index in [4.69, 9.17) is 0 Å². The third-order valence-corrected chi connectivity index (χ3v) is 3.72. The molecule has 0 fully saturated rings. The largest absolute Gasteiger partial charge is 0.360 e. The second kappa shape index (κ2) is 6.22. The molecule has 0 aliphatic carbocycles. The lowest BCUT2D eigenvalue weighted by Gasteiger charge is -2.03. The predicted octanol–water partition coefficient (Wildman–Crippen LogP) is 1.75. The van der Waals surface area contributed by atoms with Crippen molar-refractivity contribution in [1.82, 2.24) is 9.97 Å². The number of anilines is 2. The van der Waals surface area contributed by atoms with Gasteiger partial charge in [0.1, 0.15) is 0 Å². The van der Waals surface area contributed by atoms with Crippen LogP contribution in [0.4, 0.5) is 10.3 Å². The van der Waals surface area contributed by atoms with Crippen LogP contribution < -0.4 is 10.6 Å². The summed E-state index contributed by atoms with van der Waals surface area (Å²) in [5.41, 5.74) is 0. The Balaban J connectivity index is 1.72. The molecule has 0 amide bonds. The van der Waals surface area contributed by atoms with Gasteiger partial charge >= 0.3 is 0 Å². The van der Waals surface area contributed by atoms with Gasteiger partial charge in [0.2, 0.25) is 0 Å². The first-order valence-electron chi connectivity index (χ1n) is 5.11. The lowest BCUT2D eigenvalue weighted by Crippen LogP contribution is -2.13. The average Bonchev–Trinajstić information content (AvgIpc) is 3.03. The summed E-state index contributed by atoms with van der Waals surface area (Å²) < 4.78 is 0. The van der Waals surface area contributed by atoms with Crippen molar-refractivity contribution < 1.29 is 9.59 Å². The van der Waals surface area contributed by atoms with Gasteiger partial charge in [0.05, 0.1) is 22.1 Å². The third-order valence-electron chi connectivity index (χ3n) is 1.96. The SMILES string of the molecule is O=Cc1cnc(NCCNc2ncc(C=O)s2)s1. The van der Waals surface area contributed by atoms with Gasteiger partial charge in [-0.3, -0.25) is 9.59 Å². The van der Waals surface area contributed by atoms with Gasteiger partial charge in [-0.15, -0.1) is 0 Å². The van der Waals surface area contributed by atoms with Crippen molar-refractivity contribution in [3.63, 3.8) is 0 Å². The molecule has 0 radical (unpaired) electrons. The van der Waals surface area contributed by atoms with E-state index in [9.17, 15) is 9.59 Å². The lowest BCUT2D eigenvalue weighted by molar-refractivity contribution is 0.111. The van der Waals surface area contributed by atoms with Crippen LogP contribution in [0, 0.1) is 0 Å². The molecular formula is C10H10N4O2S2. The third kappa shape index (κ3) is 3.34. The molecule has 94 valence electrons. The van der Waals surface area contributed by atoms with Crippen molar-refractivity contribution in [1.29, 1.82) is 0 Å². The molecule has 0 aromatic carbocycles. The summed E-state index contributed by atoms with van der Waals surface area (Å²) in [6.07, 6.45) is 4.62. The van der Waals surface area contributed by atoms with Crippen LogP contribution in [0.15, 0.2) is 12.4 Å². The van der Waals surface area contributed by atoms with E-state index in [2.05, 4.69) is 20.6 Å². The van der Waals surface area contributed by atoms with Gasteiger partial charge in [0, 0.05) is 13.1 Å². The van der Waals surface area contributed by atoms with Gasteiger partial charge in [-0.2, -0.15) is 0 Å². The molecule has 0 aliphatic rings. The van der Waals surface area contributed by atoms with Crippen LogP contribution in [0.1, 0.15) is 19.3 Å². The van der Waals surface area contributed by atoms with E-state index in [-0.39, 0.29) is 0 Å². The van der Waals surface area contributed by atoms with Crippen molar-refractivity contribution in [2.45, 2.75) is 0 Å². The summed E-state index contributed by atoms with van der Waals surface area (Å²) in [4.78, 5) is 30.2. The number of thiazole rings is 2. The van der Waals surface area contributed by atoms with E-state index in [0.717, 1.165) is 12.6 Å². The molecule has 0 aliphatic heterocycles.